The van der Waals surface area contributed by atoms with Gasteiger partial charge in [0, 0.05) is 16.9 Å². The maximum absolute atomic E-state index is 13.2. The third-order valence-corrected chi connectivity index (χ3v) is 5.95. The number of hydrogen-bond donors (Lipinski definition) is 2. The molecule has 0 atom stereocenters. The van der Waals surface area contributed by atoms with Crippen molar-refractivity contribution in [2.45, 2.75) is 0 Å². The molecule has 0 aliphatic carbocycles. The van der Waals surface area contributed by atoms with Crippen molar-refractivity contribution >= 4 is 46.4 Å². The molecule has 4 aromatic carbocycles. The summed E-state index contributed by atoms with van der Waals surface area (Å²) in [6, 6.07) is 27.3. The number of nitrogens with zero attached hydrogens (tertiary/aromatic N) is 1. The molecule has 5 rings (SSSR count). The molecule has 0 saturated carbocycles. The van der Waals surface area contributed by atoms with E-state index in [0.717, 1.165) is 4.90 Å². The molecular weight excluding hydrogens is 509 g/mol. The summed E-state index contributed by atoms with van der Waals surface area (Å²) in [6.07, 6.45) is 0. The second-order valence-electron chi connectivity index (χ2n) is 8.21. The molecule has 0 bridgehead atoms. The number of nitrogens with one attached hydrogen (secondary N) is 2. The summed E-state index contributed by atoms with van der Waals surface area (Å²) in [4.78, 5) is 39.6. The summed E-state index contributed by atoms with van der Waals surface area (Å²) in [6.45, 7) is 0. The molecule has 7 nitrogen and oxygen atoms in total. The number of rotatable bonds is 7. The minimum atomic E-state index is -0.680. The topological polar surface area (TPSA) is 87.7 Å². The fraction of sp³-hybridized carbons (Fsp3) is 0. The molecule has 3 amide bonds. The Morgan fingerprint density at radius 1 is 0.763 bits per heavy atom. The van der Waals surface area contributed by atoms with Gasteiger partial charge in [-0.3, -0.25) is 14.4 Å². The zero-order valence-corrected chi connectivity index (χ0v) is 20.4. The Hall–Kier alpha value is -4.95. The highest BCUT2D eigenvalue weighted by Gasteiger charge is 2.39. The fourth-order valence-electron chi connectivity index (χ4n) is 3.75. The predicted octanol–water partition coefficient (Wildman–Crippen LogP) is 6.31. The number of imide groups is 1. The minimum absolute atomic E-state index is 0.114. The zero-order chi connectivity index (χ0) is 26.6. The smallest absolute Gasteiger partial charge is 0.283 e. The summed E-state index contributed by atoms with van der Waals surface area (Å²) in [5.41, 5.74) is 1.28. The Morgan fingerprint density at radius 2 is 1.45 bits per heavy atom. The Bertz CT molecular complexity index is 1560. The number of carbonyl (C=O) groups excluding carboxylic acids is 3. The van der Waals surface area contributed by atoms with Crippen LogP contribution in [-0.2, 0) is 9.59 Å². The highest BCUT2D eigenvalue weighted by Crippen LogP contribution is 2.32. The number of halogens is 2. The van der Waals surface area contributed by atoms with Crippen LogP contribution in [-0.4, -0.2) is 17.7 Å². The van der Waals surface area contributed by atoms with Crippen LogP contribution < -0.4 is 20.3 Å². The van der Waals surface area contributed by atoms with Crippen LogP contribution in [0.2, 0.25) is 0 Å². The highest BCUT2D eigenvalue weighted by molar-refractivity contribution is 6.53. The highest BCUT2D eigenvalue weighted by atomic mass is 35.5. The summed E-state index contributed by atoms with van der Waals surface area (Å²) in [5, 5.41) is 5.25. The van der Waals surface area contributed by atoms with Crippen LogP contribution in [0.4, 0.5) is 21.5 Å². The number of anilines is 3. The van der Waals surface area contributed by atoms with E-state index in [2.05, 4.69) is 10.6 Å². The fourth-order valence-corrected chi connectivity index (χ4v) is 3.97. The summed E-state index contributed by atoms with van der Waals surface area (Å²) in [5.74, 6) is -0.987. The average molecular weight is 528 g/mol. The second-order valence-corrected chi connectivity index (χ2v) is 8.59. The van der Waals surface area contributed by atoms with E-state index >= 15 is 0 Å². The van der Waals surface area contributed by atoms with Gasteiger partial charge in [0.1, 0.15) is 28.0 Å². The van der Waals surface area contributed by atoms with Crippen LogP contribution in [0.3, 0.4) is 0 Å². The molecule has 4 aromatic rings. The molecule has 1 aliphatic heterocycles. The maximum atomic E-state index is 13.2. The van der Waals surface area contributed by atoms with Gasteiger partial charge in [0.2, 0.25) is 0 Å². The lowest BCUT2D eigenvalue weighted by molar-refractivity contribution is -0.120. The van der Waals surface area contributed by atoms with Crippen molar-refractivity contribution < 1.29 is 23.5 Å². The van der Waals surface area contributed by atoms with Crippen molar-refractivity contribution in [3.8, 4) is 11.5 Å². The Kier molecular flexibility index (Phi) is 6.88. The number of carbonyl (C=O) groups is 3. The van der Waals surface area contributed by atoms with Gasteiger partial charge in [-0.2, -0.15) is 0 Å². The number of para-hydroxylation sites is 1. The van der Waals surface area contributed by atoms with Crippen LogP contribution in [0.1, 0.15) is 10.4 Å². The van der Waals surface area contributed by atoms with Crippen molar-refractivity contribution in [3.05, 3.63) is 125 Å². The SMILES string of the molecule is O=C(Nc1ccc(F)cc1)c1cccc(NC2=C(Cl)C(=O)N(c3ccc(Oc4ccccc4)cc3)C2=O)c1. The van der Waals surface area contributed by atoms with Crippen LogP contribution >= 0.6 is 11.6 Å². The normalized spacial score (nSPS) is 13.1. The predicted molar refractivity (Wildman–Crippen MR) is 143 cm³/mol. The van der Waals surface area contributed by atoms with Gasteiger partial charge in [0.15, 0.2) is 0 Å². The molecule has 0 radical (unpaired) electrons. The first-order chi connectivity index (χ1) is 18.4. The first kappa shape index (κ1) is 24.7. The molecule has 0 aromatic heterocycles. The van der Waals surface area contributed by atoms with E-state index in [0.29, 0.717) is 28.6 Å². The van der Waals surface area contributed by atoms with Gasteiger partial charge in [-0.05, 0) is 78.9 Å². The van der Waals surface area contributed by atoms with Crippen molar-refractivity contribution in [3.63, 3.8) is 0 Å². The van der Waals surface area contributed by atoms with Crippen molar-refractivity contribution in [2.75, 3.05) is 15.5 Å². The van der Waals surface area contributed by atoms with Gasteiger partial charge in [0.25, 0.3) is 17.7 Å². The number of benzene rings is 4. The van der Waals surface area contributed by atoms with Crippen molar-refractivity contribution in [1.29, 1.82) is 0 Å². The summed E-state index contributed by atoms with van der Waals surface area (Å²) in [7, 11) is 0. The molecule has 38 heavy (non-hydrogen) atoms. The maximum Gasteiger partial charge on any atom is 0.283 e. The first-order valence-corrected chi connectivity index (χ1v) is 11.8. The van der Waals surface area contributed by atoms with E-state index in [1.165, 1.54) is 30.3 Å². The van der Waals surface area contributed by atoms with Gasteiger partial charge in [-0.25, -0.2) is 9.29 Å². The molecule has 2 N–H and O–H groups in total. The molecule has 9 heteroatoms. The van der Waals surface area contributed by atoms with Crippen LogP contribution in [0, 0.1) is 5.82 Å². The van der Waals surface area contributed by atoms with E-state index in [1.807, 2.05) is 30.3 Å². The van der Waals surface area contributed by atoms with Crippen LogP contribution in [0.25, 0.3) is 0 Å². The van der Waals surface area contributed by atoms with Crippen molar-refractivity contribution in [1.82, 2.24) is 0 Å². The van der Waals surface area contributed by atoms with Gasteiger partial charge in [-0.1, -0.05) is 35.9 Å². The molecule has 0 spiro atoms. The molecule has 1 heterocycles. The second kappa shape index (κ2) is 10.6. The molecule has 0 fully saturated rings. The standard InChI is InChI=1S/C29H19ClFN3O4/c30-25-26(32-21-6-4-5-18(17-21)27(35)33-20-11-9-19(31)10-12-20)29(37)34(28(25)36)22-13-15-24(16-14-22)38-23-7-2-1-3-8-23/h1-17,32H,(H,33,35). The molecule has 188 valence electrons. The van der Waals surface area contributed by atoms with E-state index in [9.17, 15) is 18.8 Å². The van der Waals surface area contributed by atoms with Gasteiger partial charge >= 0.3 is 0 Å². The number of amides is 3. The van der Waals surface area contributed by atoms with Crippen LogP contribution in [0.5, 0.6) is 11.5 Å². The third-order valence-electron chi connectivity index (χ3n) is 5.60. The van der Waals surface area contributed by atoms with Gasteiger partial charge in [0.05, 0.1) is 5.69 Å². The number of ether oxygens (including phenoxy) is 1. The summed E-state index contributed by atoms with van der Waals surface area (Å²) >= 11 is 6.25. The zero-order valence-electron chi connectivity index (χ0n) is 19.7. The Morgan fingerprint density at radius 3 is 2.16 bits per heavy atom. The third kappa shape index (κ3) is 5.25. The van der Waals surface area contributed by atoms with Crippen LogP contribution in [0.15, 0.2) is 114 Å². The molecule has 0 unspecified atom stereocenters. The monoisotopic (exact) mass is 527 g/mol. The van der Waals surface area contributed by atoms with E-state index in [-0.39, 0.29) is 16.3 Å². The van der Waals surface area contributed by atoms with E-state index < -0.39 is 23.5 Å². The van der Waals surface area contributed by atoms with Crippen molar-refractivity contribution in [2.24, 2.45) is 0 Å². The lowest BCUT2D eigenvalue weighted by atomic mass is 10.1. The largest absolute Gasteiger partial charge is 0.457 e. The Labute approximate surface area is 222 Å². The minimum Gasteiger partial charge on any atom is -0.457 e. The lowest BCUT2D eigenvalue weighted by Gasteiger charge is -2.16. The average Bonchev–Trinajstić information content (AvgIpc) is 3.14. The molecular formula is C29H19ClFN3O4. The van der Waals surface area contributed by atoms with E-state index in [1.54, 1.807) is 42.5 Å². The lowest BCUT2D eigenvalue weighted by Crippen LogP contribution is -2.32. The molecule has 1 aliphatic rings. The van der Waals surface area contributed by atoms with Gasteiger partial charge in [-0.15, -0.1) is 0 Å². The first-order valence-electron chi connectivity index (χ1n) is 11.4. The van der Waals surface area contributed by atoms with E-state index in [4.69, 9.17) is 16.3 Å². The summed E-state index contributed by atoms with van der Waals surface area (Å²) < 4.78 is 18.9. The Balaban J connectivity index is 1.29. The quantitative estimate of drug-likeness (QED) is 0.275. The number of hydrogen-bond acceptors (Lipinski definition) is 5. The van der Waals surface area contributed by atoms with Gasteiger partial charge < -0.3 is 15.4 Å². The molecule has 0 saturated heterocycles.